The molecule has 0 unspecified atom stereocenters. The molecule has 2 heterocycles. The molecule has 1 aliphatic carbocycles. The van der Waals surface area contributed by atoms with E-state index >= 15 is 0 Å². The smallest absolute Gasteiger partial charge is 0.257 e. The maximum absolute atomic E-state index is 12.8. The zero-order valence-electron chi connectivity index (χ0n) is 14.5. The summed E-state index contributed by atoms with van der Waals surface area (Å²) in [6.45, 7) is 1.58. The van der Waals surface area contributed by atoms with Crippen LogP contribution in [0, 0.1) is 5.92 Å². The fourth-order valence-electron chi connectivity index (χ4n) is 2.98. The first-order chi connectivity index (χ1) is 12.5. The summed E-state index contributed by atoms with van der Waals surface area (Å²) in [6.07, 6.45) is 9.52. The van der Waals surface area contributed by atoms with Crippen molar-refractivity contribution in [3.8, 4) is 0 Å². The number of aromatic nitrogens is 2. The van der Waals surface area contributed by atoms with Crippen molar-refractivity contribution in [1.82, 2.24) is 9.97 Å². The summed E-state index contributed by atoms with van der Waals surface area (Å²) in [5.41, 5.74) is 1.13. The number of carbonyl (C=O) groups is 1. The van der Waals surface area contributed by atoms with Gasteiger partial charge in [-0.05, 0) is 30.9 Å². The second-order valence-corrected chi connectivity index (χ2v) is 9.32. The first-order valence-electron chi connectivity index (χ1n) is 8.61. The number of sulfone groups is 1. The average molecular weight is 392 g/mol. The maximum atomic E-state index is 12.8. The number of hydrogen-bond acceptors (Lipinski definition) is 6. The Morgan fingerprint density at radius 3 is 2.65 bits per heavy atom. The standard InChI is InChI=1S/C18H21N3O3S2/c1-2-26(23,24)16-8-7-14(12-20-16)15(11-13-5-3-4-6-13)17(22)21-18-19-9-10-25-18/h7-13H,2-6H2,1H3,(H,19,21,22)/b15-11+. The molecule has 2 aromatic rings. The van der Waals surface area contributed by atoms with E-state index in [4.69, 9.17) is 0 Å². The number of nitrogens with one attached hydrogen (secondary N) is 1. The maximum Gasteiger partial charge on any atom is 0.257 e. The van der Waals surface area contributed by atoms with Crippen molar-refractivity contribution < 1.29 is 13.2 Å². The predicted molar refractivity (Wildman–Crippen MR) is 103 cm³/mol. The van der Waals surface area contributed by atoms with Crippen molar-refractivity contribution in [2.75, 3.05) is 11.1 Å². The Labute approximate surface area is 157 Å². The Balaban J connectivity index is 1.91. The minimum absolute atomic E-state index is 0.00531. The van der Waals surface area contributed by atoms with Gasteiger partial charge in [0, 0.05) is 28.9 Å². The van der Waals surface area contributed by atoms with Gasteiger partial charge in [0.05, 0.1) is 5.75 Å². The summed E-state index contributed by atoms with van der Waals surface area (Å²) in [5, 5.41) is 5.16. The molecule has 0 aliphatic heterocycles. The molecule has 1 aliphatic rings. The second-order valence-electron chi connectivity index (χ2n) is 6.20. The molecule has 6 nitrogen and oxygen atoms in total. The molecule has 0 aromatic carbocycles. The Morgan fingerprint density at radius 2 is 2.08 bits per heavy atom. The van der Waals surface area contributed by atoms with Crippen LogP contribution in [0.2, 0.25) is 0 Å². The van der Waals surface area contributed by atoms with Crippen LogP contribution in [0.1, 0.15) is 38.2 Å². The molecule has 1 amide bonds. The third-order valence-electron chi connectivity index (χ3n) is 4.45. The normalized spacial score (nSPS) is 16.0. The molecule has 1 N–H and O–H groups in total. The lowest BCUT2D eigenvalue weighted by Crippen LogP contribution is -2.15. The average Bonchev–Trinajstić information content (AvgIpc) is 3.33. The first-order valence-corrected chi connectivity index (χ1v) is 11.1. The van der Waals surface area contributed by atoms with Gasteiger partial charge in [0.2, 0.25) is 0 Å². The molecular formula is C18H21N3O3S2. The van der Waals surface area contributed by atoms with Crippen LogP contribution in [0.15, 0.2) is 41.0 Å². The van der Waals surface area contributed by atoms with Gasteiger partial charge in [-0.3, -0.25) is 10.1 Å². The van der Waals surface area contributed by atoms with E-state index in [0.29, 0.717) is 22.2 Å². The van der Waals surface area contributed by atoms with Gasteiger partial charge in [0.1, 0.15) is 0 Å². The van der Waals surface area contributed by atoms with Gasteiger partial charge >= 0.3 is 0 Å². The van der Waals surface area contributed by atoms with Gasteiger partial charge in [-0.1, -0.05) is 25.8 Å². The minimum atomic E-state index is -3.36. The van der Waals surface area contributed by atoms with Crippen molar-refractivity contribution in [2.45, 2.75) is 37.6 Å². The third-order valence-corrected chi connectivity index (χ3v) is 6.77. The van der Waals surface area contributed by atoms with Crippen LogP contribution in [0.3, 0.4) is 0 Å². The summed E-state index contributed by atoms with van der Waals surface area (Å²) >= 11 is 1.35. The second kappa shape index (κ2) is 8.09. The number of hydrogen-bond donors (Lipinski definition) is 1. The number of nitrogens with zero attached hydrogens (tertiary/aromatic N) is 2. The van der Waals surface area contributed by atoms with E-state index in [1.165, 1.54) is 23.6 Å². The Kier molecular flexibility index (Phi) is 5.83. The molecule has 1 saturated carbocycles. The van der Waals surface area contributed by atoms with E-state index in [9.17, 15) is 13.2 Å². The Bertz CT molecular complexity index is 882. The van der Waals surface area contributed by atoms with Gasteiger partial charge in [-0.15, -0.1) is 11.3 Å². The fraction of sp³-hybridized carbons (Fsp3) is 0.389. The topological polar surface area (TPSA) is 89.0 Å². The van der Waals surface area contributed by atoms with Crippen molar-refractivity contribution in [3.05, 3.63) is 41.5 Å². The number of pyridine rings is 1. The Morgan fingerprint density at radius 1 is 1.31 bits per heavy atom. The predicted octanol–water partition coefficient (Wildman–Crippen LogP) is 3.54. The van der Waals surface area contributed by atoms with E-state index < -0.39 is 9.84 Å². The number of anilines is 1. The van der Waals surface area contributed by atoms with Crippen LogP contribution < -0.4 is 5.32 Å². The van der Waals surface area contributed by atoms with Crippen LogP contribution in [-0.2, 0) is 14.6 Å². The van der Waals surface area contributed by atoms with Gasteiger partial charge in [-0.25, -0.2) is 18.4 Å². The van der Waals surface area contributed by atoms with E-state index in [1.807, 2.05) is 6.08 Å². The van der Waals surface area contributed by atoms with Gasteiger partial charge < -0.3 is 0 Å². The zero-order chi connectivity index (χ0) is 18.6. The van der Waals surface area contributed by atoms with E-state index in [1.54, 1.807) is 24.6 Å². The number of rotatable bonds is 6. The van der Waals surface area contributed by atoms with Crippen molar-refractivity contribution in [1.29, 1.82) is 0 Å². The quantitative estimate of drug-likeness (QED) is 0.761. The summed E-state index contributed by atoms with van der Waals surface area (Å²) in [4.78, 5) is 20.9. The molecule has 8 heteroatoms. The third kappa shape index (κ3) is 4.37. The molecule has 0 bridgehead atoms. The van der Waals surface area contributed by atoms with Crippen molar-refractivity contribution in [2.24, 2.45) is 5.92 Å². The monoisotopic (exact) mass is 391 g/mol. The summed E-state index contributed by atoms with van der Waals surface area (Å²) in [5.74, 6) is 0.0973. The zero-order valence-corrected chi connectivity index (χ0v) is 16.1. The molecule has 26 heavy (non-hydrogen) atoms. The van der Waals surface area contributed by atoms with Crippen LogP contribution >= 0.6 is 11.3 Å². The van der Waals surface area contributed by atoms with E-state index in [-0.39, 0.29) is 16.7 Å². The van der Waals surface area contributed by atoms with Crippen LogP contribution in [-0.4, -0.2) is 30.0 Å². The van der Waals surface area contributed by atoms with Gasteiger partial charge in [0.15, 0.2) is 20.0 Å². The van der Waals surface area contributed by atoms with Gasteiger partial charge in [-0.2, -0.15) is 0 Å². The minimum Gasteiger partial charge on any atom is -0.298 e. The largest absolute Gasteiger partial charge is 0.298 e. The number of carbonyl (C=O) groups excluding carboxylic acids is 1. The molecule has 0 spiro atoms. The van der Waals surface area contributed by atoms with Crippen molar-refractivity contribution >= 4 is 37.8 Å². The van der Waals surface area contributed by atoms with E-state index in [0.717, 1.165) is 25.7 Å². The summed E-state index contributed by atoms with van der Waals surface area (Å²) < 4.78 is 23.9. The highest BCUT2D eigenvalue weighted by Gasteiger charge is 2.20. The highest BCUT2D eigenvalue weighted by atomic mass is 32.2. The van der Waals surface area contributed by atoms with Crippen molar-refractivity contribution in [3.63, 3.8) is 0 Å². The van der Waals surface area contributed by atoms with Gasteiger partial charge in [0.25, 0.3) is 5.91 Å². The SMILES string of the molecule is CCS(=O)(=O)c1ccc(/C(=C\C2CCCC2)C(=O)Nc2nccs2)cn1. The molecule has 3 rings (SSSR count). The lowest BCUT2D eigenvalue weighted by atomic mass is 9.99. The highest BCUT2D eigenvalue weighted by molar-refractivity contribution is 7.91. The number of allylic oxidation sites excluding steroid dienone is 1. The molecule has 1 fully saturated rings. The van der Waals surface area contributed by atoms with Crippen LogP contribution in [0.25, 0.3) is 5.57 Å². The first kappa shape index (κ1) is 18.7. The summed E-state index contributed by atoms with van der Waals surface area (Å²) in [6, 6.07) is 3.12. The molecule has 0 atom stereocenters. The lowest BCUT2D eigenvalue weighted by molar-refractivity contribution is -0.111. The Hall–Kier alpha value is -2.06. The molecule has 0 saturated heterocycles. The number of amides is 1. The van der Waals surface area contributed by atoms with Crippen LogP contribution in [0.5, 0.6) is 0 Å². The molecular weight excluding hydrogens is 370 g/mol. The fourth-order valence-corrected chi connectivity index (χ4v) is 4.29. The molecule has 2 aromatic heterocycles. The lowest BCUT2D eigenvalue weighted by Gasteiger charge is -2.11. The summed E-state index contributed by atoms with van der Waals surface area (Å²) in [7, 11) is -3.36. The molecule has 0 radical (unpaired) electrons. The van der Waals surface area contributed by atoms with Crippen LogP contribution in [0.4, 0.5) is 5.13 Å². The van der Waals surface area contributed by atoms with E-state index in [2.05, 4.69) is 15.3 Å². The number of thiazole rings is 1. The highest BCUT2D eigenvalue weighted by Crippen LogP contribution is 2.30. The molecule has 138 valence electrons.